The molecule has 0 spiro atoms. The van der Waals surface area contributed by atoms with E-state index in [1.807, 2.05) is 6.07 Å². The smallest absolute Gasteiger partial charge is 0.277 e. The molecule has 1 amide bonds. The van der Waals surface area contributed by atoms with Gasteiger partial charge >= 0.3 is 0 Å². The quantitative estimate of drug-likeness (QED) is 0.149. The third kappa shape index (κ3) is 6.99. The molecule has 4 rings (SSSR count). The van der Waals surface area contributed by atoms with Crippen LogP contribution in [0.25, 0.3) is 17.5 Å². The van der Waals surface area contributed by atoms with Gasteiger partial charge in [0.15, 0.2) is 17.3 Å². The van der Waals surface area contributed by atoms with Crippen LogP contribution in [0.4, 0.5) is 5.69 Å². The number of amides is 1. The minimum absolute atomic E-state index is 0.0804. The molecule has 3 aromatic carbocycles. The lowest BCUT2D eigenvalue weighted by molar-refractivity contribution is -0.113. The summed E-state index contributed by atoms with van der Waals surface area (Å²) in [6, 6.07) is 19.0. The van der Waals surface area contributed by atoms with Crippen LogP contribution in [0.3, 0.4) is 0 Å². The van der Waals surface area contributed by atoms with Crippen molar-refractivity contribution in [1.29, 1.82) is 0 Å². The van der Waals surface area contributed by atoms with Crippen LogP contribution in [0, 0.1) is 0 Å². The maximum Gasteiger partial charge on any atom is 0.277 e. The molecule has 0 radical (unpaired) electrons. The van der Waals surface area contributed by atoms with Crippen LogP contribution in [-0.4, -0.2) is 41.9 Å². The second-order valence-corrected chi connectivity index (χ2v) is 8.97. The first-order valence-electron chi connectivity index (χ1n) is 11.0. The first kappa shape index (κ1) is 26.0. The van der Waals surface area contributed by atoms with E-state index in [4.69, 9.17) is 25.5 Å². The third-order valence-electron chi connectivity index (χ3n) is 5.11. The summed E-state index contributed by atoms with van der Waals surface area (Å²) in [6.45, 7) is 0. The summed E-state index contributed by atoms with van der Waals surface area (Å²) < 4.78 is 16.1. The predicted molar refractivity (Wildman–Crippen MR) is 143 cm³/mol. The second kappa shape index (κ2) is 12.2. The Labute approximate surface area is 222 Å². The average Bonchev–Trinajstić information content (AvgIpc) is 3.40. The van der Waals surface area contributed by atoms with E-state index in [-0.39, 0.29) is 22.7 Å². The molecule has 0 bridgehead atoms. The van der Waals surface area contributed by atoms with Crippen LogP contribution in [0.15, 0.2) is 82.4 Å². The zero-order chi connectivity index (χ0) is 26.2. The molecule has 1 heterocycles. The number of ketones is 1. The number of rotatable bonds is 10. The van der Waals surface area contributed by atoms with Crippen LogP contribution >= 0.6 is 23.4 Å². The molecule has 8 nitrogen and oxygen atoms in total. The van der Waals surface area contributed by atoms with Crippen molar-refractivity contribution in [3.63, 3.8) is 0 Å². The Kier molecular flexibility index (Phi) is 8.60. The van der Waals surface area contributed by atoms with Crippen molar-refractivity contribution in [3.8, 4) is 23.0 Å². The highest BCUT2D eigenvalue weighted by Crippen LogP contribution is 2.28. The van der Waals surface area contributed by atoms with Crippen LogP contribution in [0.5, 0.6) is 11.5 Å². The minimum atomic E-state index is -0.247. The van der Waals surface area contributed by atoms with Gasteiger partial charge in [-0.05, 0) is 72.3 Å². The molecule has 37 heavy (non-hydrogen) atoms. The van der Waals surface area contributed by atoms with Crippen LogP contribution in [0.1, 0.15) is 15.9 Å². The second-order valence-electron chi connectivity index (χ2n) is 7.61. The standard InChI is InChI=1S/C27H22ClN3O5S/c1-34-23-14-4-17(15-24(23)35-2)3-13-22(32)18-7-11-21(12-8-18)29-25(33)16-37-27-31-30-26(36-27)19-5-9-20(28)10-6-19/h3-15H,16H2,1-2H3,(H,29,33)/b13-3+. The summed E-state index contributed by atoms with van der Waals surface area (Å²) in [7, 11) is 3.12. The van der Waals surface area contributed by atoms with E-state index in [0.717, 1.165) is 22.9 Å². The van der Waals surface area contributed by atoms with E-state index in [0.29, 0.717) is 33.7 Å². The maximum absolute atomic E-state index is 12.5. The molecular weight excluding hydrogens is 514 g/mol. The molecule has 1 N–H and O–H groups in total. The highest BCUT2D eigenvalue weighted by atomic mass is 35.5. The molecular formula is C27H22ClN3O5S. The topological polar surface area (TPSA) is 104 Å². The highest BCUT2D eigenvalue weighted by Gasteiger charge is 2.12. The first-order chi connectivity index (χ1) is 17.9. The number of anilines is 1. The minimum Gasteiger partial charge on any atom is -0.493 e. The Hall–Kier alpha value is -4.08. The SMILES string of the molecule is COc1ccc(/C=C/C(=O)c2ccc(NC(=O)CSc3nnc(-c4ccc(Cl)cc4)o3)cc2)cc1OC. The largest absolute Gasteiger partial charge is 0.493 e. The lowest BCUT2D eigenvalue weighted by Crippen LogP contribution is -2.14. The van der Waals surface area contributed by atoms with Gasteiger partial charge in [-0.15, -0.1) is 10.2 Å². The molecule has 1 aromatic heterocycles. The van der Waals surface area contributed by atoms with Crippen molar-refractivity contribution in [2.45, 2.75) is 5.22 Å². The summed E-state index contributed by atoms with van der Waals surface area (Å²) in [6.07, 6.45) is 3.18. The molecule has 0 atom stereocenters. The van der Waals surface area contributed by atoms with Gasteiger partial charge in [0.1, 0.15) is 0 Å². The fraction of sp³-hybridized carbons (Fsp3) is 0.111. The van der Waals surface area contributed by atoms with Gasteiger partial charge in [-0.1, -0.05) is 35.5 Å². The Morgan fingerprint density at radius 3 is 2.41 bits per heavy atom. The number of nitrogens with zero attached hydrogens (tertiary/aromatic N) is 2. The zero-order valence-electron chi connectivity index (χ0n) is 19.9. The molecule has 0 fully saturated rings. The van der Waals surface area contributed by atoms with E-state index in [2.05, 4.69) is 15.5 Å². The molecule has 0 aliphatic carbocycles. The highest BCUT2D eigenvalue weighted by molar-refractivity contribution is 7.99. The number of methoxy groups -OCH3 is 2. The predicted octanol–water partition coefficient (Wildman–Crippen LogP) is 6.03. The average molecular weight is 536 g/mol. The van der Waals surface area contributed by atoms with E-state index < -0.39 is 0 Å². The van der Waals surface area contributed by atoms with Gasteiger partial charge < -0.3 is 19.2 Å². The summed E-state index contributed by atoms with van der Waals surface area (Å²) in [5.41, 5.74) is 2.60. The van der Waals surface area contributed by atoms with E-state index in [1.54, 1.807) is 81.0 Å². The molecule has 0 aliphatic rings. The number of allylic oxidation sites excluding steroid dienone is 1. The van der Waals surface area contributed by atoms with Crippen molar-refractivity contribution in [2.75, 3.05) is 25.3 Å². The van der Waals surface area contributed by atoms with Gasteiger partial charge in [0, 0.05) is 21.8 Å². The van der Waals surface area contributed by atoms with Crippen molar-refractivity contribution in [2.24, 2.45) is 0 Å². The van der Waals surface area contributed by atoms with Crippen molar-refractivity contribution in [1.82, 2.24) is 10.2 Å². The fourth-order valence-corrected chi connectivity index (χ4v) is 3.93. The maximum atomic E-state index is 12.5. The normalized spacial score (nSPS) is 10.9. The summed E-state index contributed by atoms with van der Waals surface area (Å²) in [5, 5.41) is 11.6. The number of hydrogen-bond donors (Lipinski definition) is 1. The number of halogens is 1. The number of thioether (sulfide) groups is 1. The number of hydrogen-bond acceptors (Lipinski definition) is 8. The van der Waals surface area contributed by atoms with E-state index >= 15 is 0 Å². The molecule has 0 unspecified atom stereocenters. The van der Waals surface area contributed by atoms with Gasteiger partial charge in [-0.25, -0.2) is 0 Å². The number of nitrogens with one attached hydrogen (secondary N) is 1. The lowest BCUT2D eigenvalue weighted by atomic mass is 10.1. The fourth-order valence-electron chi connectivity index (χ4n) is 3.24. The van der Waals surface area contributed by atoms with E-state index in [1.165, 1.54) is 6.08 Å². The Morgan fingerprint density at radius 2 is 1.70 bits per heavy atom. The molecule has 0 saturated carbocycles. The lowest BCUT2D eigenvalue weighted by Gasteiger charge is -2.07. The number of carbonyl (C=O) groups is 2. The van der Waals surface area contributed by atoms with Crippen molar-refractivity contribution >= 4 is 46.8 Å². The molecule has 4 aromatic rings. The number of carbonyl (C=O) groups excluding carboxylic acids is 2. The molecule has 10 heteroatoms. The zero-order valence-corrected chi connectivity index (χ0v) is 21.5. The Morgan fingerprint density at radius 1 is 0.973 bits per heavy atom. The molecule has 0 aliphatic heterocycles. The van der Waals surface area contributed by atoms with E-state index in [9.17, 15) is 9.59 Å². The summed E-state index contributed by atoms with van der Waals surface area (Å²) >= 11 is 7.02. The van der Waals surface area contributed by atoms with Crippen molar-refractivity contribution < 1.29 is 23.5 Å². The Balaban J connectivity index is 1.29. The molecule has 188 valence electrons. The van der Waals surface area contributed by atoms with Gasteiger partial charge in [0.05, 0.1) is 20.0 Å². The van der Waals surface area contributed by atoms with Crippen LogP contribution < -0.4 is 14.8 Å². The van der Waals surface area contributed by atoms with Gasteiger partial charge in [0.25, 0.3) is 5.22 Å². The third-order valence-corrected chi connectivity index (χ3v) is 6.18. The first-order valence-corrected chi connectivity index (χ1v) is 12.4. The van der Waals surface area contributed by atoms with Gasteiger partial charge in [0.2, 0.25) is 11.8 Å². The Bertz CT molecular complexity index is 1420. The summed E-state index contributed by atoms with van der Waals surface area (Å²) in [4.78, 5) is 24.9. The van der Waals surface area contributed by atoms with Crippen molar-refractivity contribution in [3.05, 3.63) is 89.0 Å². The number of aromatic nitrogens is 2. The molecule has 0 saturated heterocycles. The monoisotopic (exact) mass is 535 g/mol. The van der Waals surface area contributed by atoms with Crippen LogP contribution in [-0.2, 0) is 4.79 Å². The summed E-state index contributed by atoms with van der Waals surface area (Å²) in [5.74, 6) is 1.20. The number of ether oxygens (including phenoxy) is 2. The number of benzene rings is 3. The van der Waals surface area contributed by atoms with Crippen LogP contribution in [0.2, 0.25) is 5.02 Å². The van der Waals surface area contributed by atoms with Gasteiger partial charge in [-0.2, -0.15) is 0 Å². The van der Waals surface area contributed by atoms with Gasteiger partial charge in [-0.3, -0.25) is 9.59 Å².